The number of carboxylic acids is 1. The monoisotopic (exact) mass is 280 g/mol. The number of rotatable bonds is 2. The molecule has 6 heteroatoms. The van der Waals surface area contributed by atoms with Crippen LogP contribution in [0.2, 0.25) is 0 Å². The van der Waals surface area contributed by atoms with Crippen molar-refractivity contribution in [1.82, 2.24) is 10.2 Å². The number of urea groups is 1. The molecule has 0 aromatic rings. The van der Waals surface area contributed by atoms with Crippen molar-refractivity contribution in [2.24, 2.45) is 5.41 Å². The molecule has 110 valence electrons. The predicted molar refractivity (Wildman–Crippen MR) is 74.0 cm³/mol. The van der Waals surface area contributed by atoms with Gasteiger partial charge in [0.15, 0.2) is 0 Å². The Morgan fingerprint density at radius 3 is 2.40 bits per heavy atom. The van der Waals surface area contributed by atoms with E-state index in [9.17, 15) is 14.4 Å². The van der Waals surface area contributed by atoms with Crippen molar-refractivity contribution in [3.05, 3.63) is 23.8 Å². The minimum Gasteiger partial charge on any atom is -0.478 e. The summed E-state index contributed by atoms with van der Waals surface area (Å²) < 4.78 is 0. The fourth-order valence-electron chi connectivity index (χ4n) is 1.91. The molecule has 1 aliphatic rings. The first-order valence-electron chi connectivity index (χ1n) is 6.40. The van der Waals surface area contributed by atoms with E-state index in [4.69, 9.17) is 5.11 Å². The fourth-order valence-corrected chi connectivity index (χ4v) is 1.91. The summed E-state index contributed by atoms with van der Waals surface area (Å²) in [5, 5.41) is 10.5. The molecule has 0 unspecified atom stereocenters. The molecule has 0 bridgehead atoms. The van der Waals surface area contributed by atoms with Crippen molar-refractivity contribution in [2.75, 3.05) is 13.1 Å². The van der Waals surface area contributed by atoms with Gasteiger partial charge in [-0.2, -0.15) is 0 Å². The first-order chi connectivity index (χ1) is 9.20. The van der Waals surface area contributed by atoms with Crippen LogP contribution in [0.4, 0.5) is 4.79 Å². The van der Waals surface area contributed by atoms with E-state index in [-0.39, 0.29) is 5.41 Å². The fraction of sp³-hybridized carbons (Fsp3) is 0.500. The highest BCUT2D eigenvalue weighted by molar-refractivity contribution is 6.02. The zero-order valence-electron chi connectivity index (χ0n) is 12.0. The van der Waals surface area contributed by atoms with Gasteiger partial charge in [-0.3, -0.25) is 10.1 Å². The maximum absolute atomic E-state index is 11.8. The maximum atomic E-state index is 11.8. The van der Waals surface area contributed by atoms with Gasteiger partial charge in [0, 0.05) is 25.2 Å². The van der Waals surface area contributed by atoms with Gasteiger partial charge in [-0.1, -0.05) is 32.4 Å². The number of imide groups is 1. The SMILES string of the molecule is CC(C)(C)C1=CCN(C(=O)NC(=O)/C=C/C(=O)O)CC1. The summed E-state index contributed by atoms with van der Waals surface area (Å²) in [6, 6.07) is -0.505. The van der Waals surface area contributed by atoms with Gasteiger partial charge in [-0.25, -0.2) is 9.59 Å². The molecule has 0 radical (unpaired) electrons. The lowest BCUT2D eigenvalue weighted by Gasteiger charge is -2.31. The lowest BCUT2D eigenvalue weighted by molar-refractivity contribution is -0.131. The Morgan fingerprint density at radius 1 is 1.30 bits per heavy atom. The summed E-state index contributed by atoms with van der Waals surface area (Å²) in [7, 11) is 0. The topological polar surface area (TPSA) is 86.7 Å². The van der Waals surface area contributed by atoms with E-state index in [2.05, 4.69) is 26.1 Å². The van der Waals surface area contributed by atoms with Crippen molar-refractivity contribution >= 4 is 17.9 Å². The van der Waals surface area contributed by atoms with E-state index in [1.807, 2.05) is 6.08 Å². The molecule has 0 atom stereocenters. The van der Waals surface area contributed by atoms with Gasteiger partial charge in [-0.15, -0.1) is 0 Å². The number of aliphatic carboxylic acids is 1. The molecule has 0 saturated heterocycles. The van der Waals surface area contributed by atoms with Crippen molar-refractivity contribution in [3.8, 4) is 0 Å². The second-order valence-electron chi connectivity index (χ2n) is 5.64. The minimum absolute atomic E-state index is 0.0859. The molecule has 0 aromatic carbocycles. The average molecular weight is 280 g/mol. The Labute approximate surface area is 118 Å². The van der Waals surface area contributed by atoms with Crippen molar-refractivity contribution in [3.63, 3.8) is 0 Å². The van der Waals surface area contributed by atoms with Crippen LogP contribution in [-0.4, -0.2) is 41.0 Å². The van der Waals surface area contributed by atoms with Crippen LogP contribution in [0.3, 0.4) is 0 Å². The number of carbonyl (C=O) groups excluding carboxylic acids is 2. The highest BCUT2D eigenvalue weighted by Crippen LogP contribution is 2.29. The molecule has 0 fully saturated rings. The van der Waals surface area contributed by atoms with E-state index >= 15 is 0 Å². The van der Waals surface area contributed by atoms with Crippen molar-refractivity contribution < 1.29 is 19.5 Å². The molecule has 6 nitrogen and oxygen atoms in total. The zero-order valence-corrected chi connectivity index (χ0v) is 12.0. The third kappa shape index (κ3) is 4.87. The molecule has 0 aromatic heterocycles. The second kappa shape index (κ2) is 6.36. The first kappa shape index (κ1) is 15.9. The van der Waals surface area contributed by atoms with E-state index < -0.39 is 17.9 Å². The van der Waals surface area contributed by atoms with Crippen LogP contribution in [0, 0.1) is 5.41 Å². The second-order valence-corrected chi connectivity index (χ2v) is 5.64. The van der Waals surface area contributed by atoms with Crippen LogP contribution in [0.1, 0.15) is 27.2 Å². The third-order valence-electron chi connectivity index (χ3n) is 3.07. The van der Waals surface area contributed by atoms with Crippen LogP contribution < -0.4 is 5.32 Å². The Balaban J connectivity index is 2.53. The number of nitrogens with zero attached hydrogens (tertiary/aromatic N) is 1. The lowest BCUT2D eigenvalue weighted by Crippen LogP contribution is -2.44. The molecular formula is C14H20N2O4. The molecule has 1 aliphatic heterocycles. The molecule has 1 rings (SSSR count). The van der Waals surface area contributed by atoms with Gasteiger partial charge < -0.3 is 10.0 Å². The van der Waals surface area contributed by atoms with Gasteiger partial charge in [0.25, 0.3) is 5.91 Å². The zero-order chi connectivity index (χ0) is 15.3. The molecule has 2 N–H and O–H groups in total. The van der Waals surface area contributed by atoms with Crippen LogP contribution in [0.5, 0.6) is 0 Å². The van der Waals surface area contributed by atoms with Gasteiger partial charge in [0.05, 0.1) is 0 Å². The van der Waals surface area contributed by atoms with Gasteiger partial charge in [0.1, 0.15) is 0 Å². The standard InChI is InChI=1S/C14H20N2O4/c1-14(2,3)10-6-8-16(9-7-10)13(20)15-11(17)4-5-12(18)19/h4-6H,7-9H2,1-3H3,(H,18,19)(H,15,17,20)/b5-4+. The molecular weight excluding hydrogens is 260 g/mol. The normalized spacial score (nSPS) is 15.9. The van der Waals surface area contributed by atoms with Crippen LogP contribution in [-0.2, 0) is 9.59 Å². The molecule has 0 spiro atoms. The molecule has 3 amide bonds. The van der Waals surface area contributed by atoms with E-state index in [0.717, 1.165) is 12.5 Å². The van der Waals surface area contributed by atoms with E-state index in [0.29, 0.717) is 19.2 Å². The highest BCUT2D eigenvalue weighted by atomic mass is 16.4. The number of carboxylic acid groups (broad SMARTS) is 1. The largest absolute Gasteiger partial charge is 0.478 e. The molecule has 20 heavy (non-hydrogen) atoms. The lowest BCUT2D eigenvalue weighted by atomic mass is 9.83. The van der Waals surface area contributed by atoms with Crippen LogP contribution >= 0.6 is 0 Å². The van der Waals surface area contributed by atoms with Crippen LogP contribution in [0.15, 0.2) is 23.8 Å². The molecule has 0 saturated carbocycles. The van der Waals surface area contributed by atoms with E-state index in [1.54, 1.807) is 0 Å². The summed E-state index contributed by atoms with van der Waals surface area (Å²) >= 11 is 0. The summed E-state index contributed by atoms with van der Waals surface area (Å²) in [5.41, 5.74) is 1.38. The quantitative estimate of drug-likeness (QED) is 0.593. The van der Waals surface area contributed by atoms with Gasteiger partial charge in [0.2, 0.25) is 0 Å². The number of hydrogen-bond donors (Lipinski definition) is 2. The Morgan fingerprint density at radius 2 is 1.95 bits per heavy atom. The Kier molecular flexibility index (Phi) is 5.07. The van der Waals surface area contributed by atoms with Gasteiger partial charge >= 0.3 is 12.0 Å². The minimum atomic E-state index is -1.23. The van der Waals surface area contributed by atoms with Crippen molar-refractivity contribution in [2.45, 2.75) is 27.2 Å². The number of amides is 3. The van der Waals surface area contributed by atoms with Crippen molar-refractivity contribution in [1.29, 1.82) is 0 Å². The van der Waals surface area contributed by atoms with Crippen LogP contribution in [0.25, 0.3) is 0 Å². The van der Waals surface area contributed by atoms with E-state index in [1.165, 1.54) is 10.5 Å². The summed E-state index contributed by atoms with van der Waals surface area (Å²) in [6.45, 7) is 7.36. The first-order valence-corrected chi connectivity index (χ1v) is 6.40. The number of hydrogen-bond acceptors (Lipinski definition) is 3. The Hall–Kier alpha value is -2.11. The Bertz CT molecular complexity index is 472. The smallest absolute Gasteiger partial charge is 0.328 e. The number of nitrogens with one attached hydrogen (secondary N) is 1. The highest BCUT2D eigenvalue weighted by Gasteiger charge is 2.23. The summed E-state index contributed by atoms with van der Waals surface area (Å²) in [5.74, 6) is -1.97. The number of carbonyl (C=O) groups is 3. The summed E-state index contributed by atoms with van der Waals surface area (Å²) in [4.78, 5) is 34.9. The molecule has 0 aliphatic carbocycles. The predicted octanol–water partition coefficient (Wildman–Crippen LogP) is 1.54. The third-order valence-corrected chi connectivity index (χ3v) is 3.07. The molecule has 1 heterocycles. The summed E-state index contributed by atoms with van der Waals surface area (Å²) in [6.07, 6.45) is 4.29. The maximum Gasteiger partial charge on any atom is 0.328 e. The average Bonchev–Trinajstić information content (AvgIpc) is 2.35. The van der Waals surface area contributed by atoms with Gasteiger partial charge in [-0.05, 0) is 11.8 Å².